The lowest BCUT2D eigenvalue weighted by Gasteiger charge is -2.09. The first-order chi connectivity index (χ1) is 11.8. The number of carbonyl (C=O) groups is 2. The fourth-order valence-corrected chi connectivity index (χ4v) is 4.34. The maximum absolute atomic E-state index is 11.8. The molecule has 2 rings (SSSR count). The Hall–Kier alpha value is -1.46. The summed E-state index contributed by atoms with van der Waals surface area (Å²) in [6.07, 6.45) is 0. The molecule has 0 bridgehead atoms. The molecule has 1 heterocycles. The number of sulfonamides is 1. The number of halogens is 2. The van der Waals surface area contributed by atoms with E-state index < -0.39 is 35.1 Å². The first-order valence-electron chi connectivity index (χ1n) is 6.71. The van der Waals surface area contributed by atoms with Gasteiger partial charge in [-0.25, -0.2) is 8.42 Å². The first kappa shape index (κ1) is 19.9. The highest BCUT2D eigenvalue weighted by Gasteiger charge is 2.17. The highest BCUT2D eigenvalue weighted by atomic mass is 79.9. The van der Waals surface area contributed by atoms with Crippen molar-refractivity contribution in [2.24, 2.45) is 0 Å². The topological polar surface area (TPSA) is 102 Å². The number of amides is 1. The van der Waals surface area contributed by atoms with Crippen LogP contribution in [0.15, 0.2) is 44.4 Å². The van der Waals surface area contributed by atoms with Crippen LogP contribution in [0.2, 0.25) is 5.02 Å². The molecule has 0 aliphatic rings. The molecule has 0 aliphatic heterocycles. The summed E-state index contributed by atoms with van der Waals surface area (Å²) in [6.45, 7) is -1.14. The molecule has 134 valence electrons. The van der Waals surface area contributed by atoms with Gasteiger partial charge in [0.05, 0.1) is 10.7 Å². The van der Waals surface area contributed by atoms with E-state index in [0.29, 0.717) is 10.7 Å². The van der Waals surface area contributed by atoms with Crippen molar-refractivity contribution >= 4 is 66.5 Å². The van der Waals surface area contributed by atoms with Crippen molar-refractivity contribution in [1.29, 1.82) is 0 Å². The van der Waals surface area contributed by atoms with Gasteiger partial charge in [0.2, 0.25) is 0 Å². The third-order valence-corrected chi connectivity index (χ3v) is 6.34. The number of hydrogen-bond acceptors (Lipinski definition) is 6. The van der Waals surface area contributed by atoms with Crippen molar-refractivity contribution in [2.45, 2.75) is 4.21 Å². The summed E-state index contributed by atoms with van der Waals surface area (Å²) in [4.78, 5) is 23.3. The average Bonchev–Trinajstić information content (AvgIpc) is 3.09. The number of carbonyl (C=O) groups excluding carboxylic acids is 2. The fraction of sp³-hybridized carbons (Fsp3) is 0.143. The normalized spacial score (nSPS) is 11.1. The van der Waals surface area contributed by atoms with Crippen LogP contribution >= 0.6 is 38.9 Å². The molecular weight excluding hydrogens is 456 g/mol. The summed E-state index contributed by atoms with van der Waals surface area (Å²) < 4.78 is 31.3. The van der Waals surface area contributed by atoms with Crippen molar-refractivity contribution in [2.75, 3.05) is 18.5 Å². The van der Waals surface area contributed by atoms with Crippen LogP contribution in [-0.2, 0) is 24.3 Å². The molecule has 1 amide bonds. The third-order valence-electron chi connectivity index (χ3n) is 2.74. The second-order valence-electron chi connectivity index (χ2n) is 4.59. The molecule has 0 spiro atoms. The van der Waals surface area contributed by atoms with Crippen LogP contribution in [-0.4, -0.2) is 33.4 Å². The maximum Gasteiger partial charge on any atom is 0.321 e. The van der Waals surface area contributed by atoms with Crippen LogP contribution in [0, 0.1) is 0 Å². The minimum atomic E-state index is -3.76. The van der Waals surface area contributed by atoms with Crippen LogP contribution in [0.4, 0.5) is 5.69 Å². The molecule has 0 fully saturated rings. The minimum Gasteiger partial charge on any atom is -0.455 e. The molecule has 1 aromatic heterocycles. The zero-order chi connectivity index (χ0) is 18.4. The standard InChI is InChI=1S/C14H12BrClN2O5S2/c15-9-3-4-11(10(16)6-9)18-12(19)8-23-13(20)7-17-25(21,22)14-2-1-5-24-14/h1-6,17H,7-8H2,(H,18,19). The van der Waals surface area contributed by atoms with E-state index in [-0.39, 0.29) is 4.21 Å². The van der Waals surface area contributed by atoms with Gasteiger partial charge in [-0.1, -0.05) is 33.6 Å². The Labute approximate surface area is 161 Å². The first-order valence-corrected chi connectivity index (χ1v) is 10.2. The zero-order valence-corrected chi connectivity index (χ0v) is 16.5. The molecule has 0 radical (unpaired) electrons. The Kier molecular flexibility index (Phi) is 6.96. The number of esters is 1. The Bertz CT molecular complexity index is 871. The summed E-state index contributed by atoms with van der Waals surface area (Å²) >= 11 is 10.2. The van der Waals surface area contributed by atoms with Gasteiger partial charge in [-0.2, -0.15) is 4.72 Å². The third kappa shape index (κ3) is 6.08. The fourth-order valence-electron chi connectivity index (χ4n) is 1.62. The van der Waals surface area contributed by atoms with Crippen LogP contribution in [0.3, 0.4) is 0 Å². The smallest absolute Gasteiger partial charge is 0.321 e. The number of rotatable bonds is 7. The lowest BCUT2D eigenvalue weighted by atomic mass is 10.3. The maximum atomic E-state index is 11.8. The highest BCUT2D eigenvalue weighted by molar-refractivity contribution is 9.10. The molecule has 2 N–H and O–H groups in total. The monoisotopic (exact) mass is 466 g/mol. The Balaban J connectivity index is 1.79. The largest absolute Gasteiger partial charge is 0.455 e. The Morgan fingerprint density at radius 1 is 1.28 bits per heavy atom. The molecule has 7 nitrogen and oxygen atoms in total. The summed E-state index contributed by atoms with van der Waals surface area (Å²) in [5.74, 6) is -1.48. The van der Waals surface area contributed by atoms with E-state index in [2.05, 4.69) is 26.0 Å². The predicted octanol–water partition coefficient (Wildman–Crippen LogP) is 2.62. The molecule has 0 atom stereocenters. The summed E-state index contributed by atoms with van der Waals surface area (Å²) in [5, 5.41) is 4.40. The molecule has 0 unspecified atom stereocenters. The number of hydrogen-bond donors (Lipinski definition) is 2. The predicted molar refractivity (Wildman–Crippen MR) is 98.2 cm³/mol. The second-order valence-corrected chi connectivity index (χ2v) is 8.85. The van der Waals surface area contributed by atoms with Gasteiger partial charge in [0.25, 0.3) is 15.9 Å². The average molecular weight is 468 g/mol. The number of anilines is 1. The van der Waals surface area contributed by atoms with Crippen LogP contribution in [0.25, 0.3) is 0 Å². The van der Waals surface area contributed by atoms with Gasteiger partial charge >= 0.3 is 5.97 Å². The van der Waals surface area contributed by atoms with Crippen molar-refractivity contribution in [3.8, 4) is 0 Å². The Morgan fingerprint density at radius 2 is 2.04 bits per heavy atom. The van der Waals surface area contributed by atoms with E-state index in [1.807, 2.05) is 0 Å². The van der Waals surface area contributed by atoms with E-state index in [4.69, 9.17) is 16.3 Å². The molecule has 0 saturated heterocycles. The van der Waals surface area contributed by atoms with E-state index >= 15 is 0 Å². The summed E-state index contributed by atoms with van der Waals surface area (Å²) in [5.41, 5.74) is 0.365. The molecule has 11 heteroatoms. The van der Waals surface area contributed by atoms with E-state index in [1.54, 1.807) is 29.6 Å². The molecular formula is C14H12BrClN2O5S2. The molecule has 2 aromatic rings. The number of benzene rings is 1. The zero-order valence-electron chi connectivity index (χ0n) is 12.5. The van der Waals surface area contributed by atoms with Gasteiger partial charge < -0.3 is 10.1 Å². The van der Waals surface area contributed by atoms with Gasteiger partial charge in [0.15, 0.2) is 6.61 Å². The second kappa shape index (κ2) is 8.77. The number of ether oxygens (including phenoxy) is 1. The van der Waals surface area contributed by atoms with Gasteiger partial charge in [-0.15, -0.1) is 11.3 Å². The van der Waals surface area contributed by atoms with Gasteiger partial charge in [-0.05, 0) is 29.6 Å². The highest BCUT2D eigenvalue weighted by Crippen LogP contribution is 2.25. The molecule has 0 aliphatic carbocycles. The van der Waals surface area contributed by atoms with Crippen LogP contribution < -0.4 is 10.0 Å². The van der Waals surface area contributed by atoms with Gasteiger partial charge in [0, 0.05) is 4.47 Å². The quantitative estimate of drug-likeness (QED) is 0.610. The van der Waals surface area contributed by atoms with Crippen molar-refractivity contribution in [3.05, 3.63) is 45.2 Å². The SMILES string of the molecule is O=C(COC(=O)CNS(=O)(=O)c1cccs1)Nc1ccc(Br)cc1Cl. The van der Waals surface area contributed by atoms with Crippen LogP contribution in [0.5, 0.6) is 0 Å². The van der Waals surface area contributed by atoms with E-state index in [0.717, 1.165) is 15.8 Å². The molecule has 0 saturated carbocycles. The van der Waals surface area contributed by atoms with Crippen molar-refractivity contribution in [1.82, 2.24) is 4.72 Å². The van der Waals surface area contributed by atoms with Crippen molar-refractivity contribution in [3.63, 3.8) is 0 Å². The lowest BCUT2D eigenvalue weighted by molar-refractivity contribution is -0.146. The number of thiophene rings is 1. The number of nitrogens with one attached hydrogen (secondary N) is 2. The van der Waals surface area contributed by atoms with Gasteiger partial charge in [0.1, 0.15) is 10.8 Å². The van der Waals surface area contributed by atoms with Gasteiger partial charge in [-0.3, -0.25) is 9.59 Å². The molecule has 25 heavy (non-hydrogen) atoms. The minimum absolute atomic E-state index is 0.0860. The Morgan fingerprint density at radius 3 is 2.68 bits per heavy atom. The van der Waals surface area contributed by atoms with Crippen LogP contribution in [0.1, 0.15) is 0 Å². The molecule has 1 aromatic carbocycles. The van der Waals surface area contributed by atoms with Crippen molar-refractivity contribution < 1.29 is 22.7 Å². The summed E-state index contributed by atoms with van der Waals surface area (Å²) in [7, 11) is -3.76. The lowest BCUT2D eigenvalue weighted by Crippen LogP contribution is -2.32. The van der Waals surface area contributed by atoms with E-state index in [1.165, 1.54) is 6.07 Å². The van der Waals surface area contributed by atoms with E-state index in [9.17, 15) is 18.0 Å². The summed E-state index contributed by atoms with van der Waals surface area (Å²) in [6, 6.07) is 7.86.